The Labute approximate surface area is 239 Å². The Morgan fingerprint density at radius 2 is 1.85 bits per heavy atom. The van der Waals surface area contributed by atoms with Gasteiger partial charge in [0.1, 0.15) is 11.4 Å². The summed E-state index contributed by atoms with van der Waals surface area (Å²) < 4.78 is 7.50. The Kier molecular flexibility index (Phi) is 6.63. The van der Waals surface area contributed by atoms with Crippen LogP contribution < -0.4 is 15.5 Å². The van der Waals surface area contributed by atoms with Gasteiger partial charge >= 0.3 is 0 Å². The van der Waals surface area contributed by atoms with Crippen molar-refractivity contribution in [2.75, 3.05) is 41.8 Å². The van der Waals surface area contributed by atoms with Crippen molar-refractivity contribution in [3.8, 4) is 22.6 Å². The Morgan fingerprint density at radius 1 is 0.976 bits per heavy atom. The monoisotopic (exact) mass is 562 g/mol. The van der Waals surface area contributed by atoms with Gasteiger partial charge in [-0.15, -0.1) is 11.3 Å². The van der Waals surface area contributed by atoms with Gasteiger partial charge in [-0.25, -0.2) is 15.0 Å². The number of benzene rings is 2. The van der Waals surface area contributed by atoms with E-state index < -0.39 is 0 Å². The normalized spacial score (nSPS) is 13.4. The first-order valence-electron chi connectivity index (χ1n) is 13.3. The van der Waals surface area contributed by atoms with Crippen LogP contribution in [0.3, 0.4) is 0 Å². The van der Waals surface area contributed by atoms with Crippen LogP contribution in [-0.4, -0.2) is 56.5 Å². The highest BCUT2D eigenvalue weighted by molar-refractivity contribution is 7.15. The van der Waals surface area contributed by atoms with Crippen LogP contribution in [0.15, 0.2) is 90.7 Å². The first-order chi connectivity index (χ1) is 20.2. The fourth-order valence-electron chi connectivity index (χ4n) is 4.90. The molecule has 41 heavy (non-hydrogen) atoms. The molecular weight excluding hydrogens is 536 g/mol. The molecule has 0 saturated carbocycles. The number of fused-ring (bicyclic) bond motifs is 1. The van der Waals surface area contributed by atoms with Crippen molar-refractivity contribution in [1.29, 1.82) is 0 Å². The molecule has 204 valence electrons. The van der Waals surface area contributed by atoms with Gasteiger partial charge in [0.2, 0.25) is 5.95 Å². The molecule has 7 rings (SSSR count). The number of carbonyl (C=O) groups excluding carboxylic acids is 1. The molecule has 1 saturated heterocycles. The van der Waals surface area contributed by atoms with E-state index in [0.29, 0.717) is 17.3 Å². The van der Waals surface area contributed by atoms with E-state index in [4.69, 9.17) is 14.7 Å². The standard InChI is InChI=1S/C30H26N8O2S/c39-28(25-5-2-11-31-25)33-22-4-1-3-20(19-22)26-27(38-15-18-41-30(38)36-26)24-10-12-32-29(35-24)34-21-6-8-23(9-7-21)37-13-16-40-17-14-37/h1-12,15,18-19,31H,13-14,16-17H2,(H,33,39)(H,32,34,35). The minimum atomic E-state index is -0.206. The van der Waals surface area contributed by atoms with Gasteiger partial charge in [0, 0.05) is 59.7 Å². The van der Waals surface area contributed by atoms with Crippen LogP contribution in [0.2, 0.25) is 0 Å². The number of anilines is 4. The number of thiazole rings is 1. The average molecular weight is 563 g/mol. The summed E-state index contributed by atoms with van der Waals surface area (Å²) in [5.74, 6) is 0.285. The van der Waals surface area contributed by atoms with Gasteiger partial charge in [0.15, 0.2) is 4.96 Å². The van der Waals surface area contributed by atoms with Gasteiger partial charge in [0.05, 0.1) is 24.6 Å². The summed E-state index contributed by atoms with van der Waals surface area (Å²) in [4.78, 5) is 33.0. The summed E-state index contributed by atoms with van der Waals surface area (Å²) in [6.45, 7) is 3.29. The van der Waals surface area contributed by atoms with Crippen molar-refractivity contribution >= 4 is 45.2 Å². The maximum absolute atomic E-state index is 12.6. The fraction of sp³-hybridized carbons (Fsp3) is 0.133. The highest BCUT2D eigenvalue weighted by Crippen LogP contribution is 2.35. The molecule has 10 nitrogen and oxygen atoms in total. The third-order valence-electron chi connectivity index (χ3n) is 6.90. The van der Waals surface area contributed by atoms with Crippen LogP contribution in [0.25, 0.3) is 27.6 Å². The van der Waals surface area contributed by atoms with Crippen LogP contribution in [0.1, 0.15) is 10.5 Å². The summed E-state index contributed by atoms with van der Waals surface area (Å²) in [5, 5.41) is 8.29. The molecule has 4 aromatic heterocycles. The Balaban J connectivity index is 1.18. The van der Waals surface area contributed by atoms with Crippen molar-refractivity contribution in [2.24, 2.45) is 0 Å². The molecule has 3 N–H and O–H groups in total. The number of carbonyl (C=O) groups is 1. The van der Waals surface area contributed by atoms with Crippen molar-refractivity contribution < 1.29 is 9.53 Å². The van der Waals surface area contributed by atoms with E-state index in [2.05, 4.69) is 37.6 Å². The predicted molar refractivity (Wildman–Crippen MR) is 161 cm³/mol. The minimum Gasteiger partial charge on any atom is -0.378 e. The molecular formula is C30H26N8O2S. The molecule has 1 aliphatic rings. The fourth-order valence-corrected chi connectivity index (χ4v) is 5.62. The van der Waals surface area contributed by atoms with Crippen LogP contribution in [0.5, 0.6) is 0 Å². The maximum Gasteiger partial charge on any atom is 0.272 e. The molecule has 0 unspecified atom stereocenters. The number of aromatic amines is 1. The summed E-state index contributed by atoms with van der Waals surface area (Å²) in [6, 6.07) is 21.4. The number of hydrogen-bond acceptors (Lipinski definition) is 8. The topological polar surface area (TPSA) is 112 Å². The van der Waals surface area contributed by atoms with Crippen LogP contribution in [0, 0.1) is 0 Å². The number of rotatable bonds is 7. The van der Waals surface area contributed by atoms with Crippen molar-refractivity contribution in [2.45, 2.75) is 0 Å². The molecule has 0 radical (unpaired) electrons. The zero-order valence-electron chi connectivity index (χ0n) is 21.9. The molecule has 5 heterocycles. The highest BCUT2D eigenvalue weighted by atomic mass is 32.1. The van der Waals surface area contributed by atoms with Gasteiger partial charge in [-0.1, -0.05) is 12.1 Å². The molecule has 1 aliphatic heterocycles. The molecule has 6 aromatic rings. The summed E-state index contributed by atoms with van der Waals surface area (Å²) >= 11 is 1.55. The maximum atomic E-state index is 12.6. The predicted octanol–water partition coefficient (Wildman–Crippen LogP) is 5.68. The molecule has 11 heteroatoms. The van der Waals surface area contributed by atoms with E-state index in [1.165, 1.54) is 5.69 Å². The number of aromatic nitrogens is 5. The van der Waals surface area contributed by atoms with E-state index in [-0.39, 0.29) is 5.91 Å². The van der Waals surface area contributed by atoms with E-state index in [1.807, 2.05) is 58.4 Å². The number of imidazole rings is 1. The third kappa shape index (κ3) is 5.15. The second-order valence-electron chi connectivity index (χ2n) is 9.52. The summed E-state index contributed by atoms with van der Waals surface area (Å²) in [5.41, 5.74) is 6.46. The quantitative estimate of drug-likeness (QED) is 0.229. The Morgan fingerprint density at radius 3 is 2.68 bits per heavy atom. The Hall–Kier alpha value is -5.00. The number of nitrogens with one attached hydrogen (secondary N) is 3. The molecule has 0 spiro atoms. The highest BCUT2D eigenvalue weighted by Gasteiger charge is 2.19. The van der Waals surface area contributed by atoms with E-state index >= 15 is 0 Å². The van der Waals surface area contributed by atoms with E-state index in [0.717, 1.165) is 59.6 Å². The smallest absolute Gasteiger partial charge is 0.272 e. The molecule has 0 aliphatic carbocycles. The van der Waals surface area contributed by atoms with Gasteiger partial charge in [-0.3, -0.25) is 9.20 Å². The summed E-state index contributed by atoms with van der Waals surface area (Å²) in [7, 11) is 0. The zero-order chi connectivity index (χ0) is 27.6. The zero-order valence-corrected chi connectivity index (χ0v) is 22.8. The van der Waals surface area contributed by atoms with Crippen molar-refractivity contribution in [3.63, 3.8) is 0 Å². The lowest BCUT2D eigenvalue weighted by Crippen LogP contribution is -2.36. The minimum absolute atomic E-state index is 0.206. The number of ether oxygens (including phenoxy) is 1. The first-order valence-corrected chi connectivity index (χ1v) is 14.1. The van der Waals surface area contributed by atoms with Gasteiger partial charge in [0.25, 0.3) is 5.91 Å². The van der Waals surface area contributed by atoms with Crippen LogP contribution in [-0.2, 0) is 4.74 Å². The SMILES string of the molecule is O=C(Nc1cccc(-c2nc3sccn3c2-c2ccnc(Nc3ccc(N4CCOCC4)cc3)n2)c1)c1ccc[nH]1. The largest absolute Gasteiger partial charge is 0.378 e. The van der Waals surface area contributed by atoms with Crippen molar-refractivity contribution in [1.82, 2.24) is 24.3 Å². The first kappa shape index (κ1) is 25.0. The van der Waals surface area contributed by atoms with E-state index in [9.17, 15) is 4.79 Å². The Bertz CT molecular complexity index is 1800. The van der Waals surface area contributed by atoms with Crippen LogP contribution >= 0.6 is 11.3 Å². The van der Waals surface area contributed by atoms with Crippen molar-refractivity contribution in [3.05, 3.63) is 96.4 Å². The number of amides is 1. The van der Waals surface area contributed by atoms with Gasteiger partial charge < -0.3 is 25.3 Å². The molecule has 1 amide bonds. The second kappa shape index (κ2) is 10.9. The molecule has 0 bridgehead atoms. The third-order valence-corrected chi connectivity index (χ3v) is 7.65. The molecule has 1 fully saturated rings. The van der Waals surface area contributed by atoms with Crippen LogP contribution in [0.4, 0.5) is 23.0 Å². The van der Waals surface area contributed by atoms with Gasteiger partial charge in [-0.05, 0) is 54.6 Å². The lowest BCUT2D eigenvalue weighted by Gasteiger charge is -2.28. The number of nitrogens with zero attached hydrogens (tertiary/aromatic N) is 5. The lowest BCUT2D eigenvalue weighted by atomic mass is 10.1. The lowest BCUT2D eigenvalue weighted by molar-refractivity contribution is 0.102. The van der Waals surface area contributed by atoms with Gasteiger partial charge in [-0.2, -0.15) is 0 Å². The number of H-pyrrole nitrogens is 1. The number of hydrogen-bond donors (Lipinski definition) is 3. The molecule has 2 aromatic carbocycles. The second-order valence-corrected chi connectivity index (χ2v) is 10.4. The molecule has 0 atom stereocenters. The number of morpholine rings is 1. The average Bonchev–Trinajstić information content (AvgIpc) is 3.77. The van der Waals surface area contributed by atoms with E-state index in [1.54, 1.807) is 35.9 Å². The summed E-state index contributed by atoms with van der Waals surface area (Å²) in [6.07, 6.45) is 5.46.